The summed E-state index contributed by atoms with van der Waals surface area (Å²) in [6.07, 6.45) is 6.43. The zero-order chi connectivity index (χ0) is 16.3. The fraction of sp³-hybridized carbons (Fsp3) is 0.471. The minimum absolute atomic E-state index is 0.0308. The van der Waals surface area contributed by atoms with E-state index in [4.69, 9.17) is 0 Å². The predicted molar refractivity (Wildman–Crippen MR) is 90.4 cm³/mol. The topological polar surface area (TPSA) is 55.2 Å². The Hall–Kier alpha value is -1.66. The Bertz CT molecular complexity index is 740. The van der Waals surface area contributed by atoms with Gasteiger partial charge >= 0.3 is 0 Å². The third kappa shape index (κ3) is 3.64. The third-order valence-corrected chi connectivity index (χ3v) is 6.29. The number of aryl methyl sites for hydroxylation is 1. The molecule has 0 unspecified atom stereocenters. The molecule has 0 aliphatic carbocycles. The van der Waals surface area contributed by atoms with Gasteiger partial charge in [0.05, 0.1) is 5.75 Å². The molecular weight excluding hydrogens is 310 g/mol. The third-order valence-electron chi connectivity index (χ3n) is 4.40. The second-order valence-corrected chi connectivity index (χ2v) is 7.92. The standard InChI is InChI=1S/C17H23N3O2S/c1-2-17-18-10-12-19(17)13-16-9-6-11-20(16)23(21,22)14-15-7-4-3-5-8-15/h3-5,7-8,10,12,16H,2,6,9,11,13-14H2,1H3/t16-/m0/s1. The summed E-state index contributed by atoms with van der Waals surface area (Å²) in [6.45, 7) is 3.38. The van der Waals surface area contributed by atoms with Crippen molar-refractivity contribution in [1.82, 2.24) is 13.9 Å². The van der Waals surface area contributed by atoms with Gasteiger partial charge in [-0.25, -0.2) is 13.4 Å². The lowest BCUT2D eigenvalue weighted by Crippen LogP contribution is -2.38. The van der Waals surface area contributed by atoms with Gasteiger partial charge in [0.25, 0.3) is 0 Å². The van der Waals surface area contributed by atoms with Crippen LogP contribution in [0.3, 0.4) is 0 Å². The molecule has 0 N–H and O–H groups in total. The van der Waals surface area contributed by atoms with Gasteiger partial charge in [0, 0.05) is 37.9 Å². The van der Waals surface area contributed by atoms with Crippen LogP contribution in [0.15, 0.2) is 42.7 Å². The highest BCUT2D eigenvalue weighted by atomic mass is 32.2. The molecular formula is C17H23N3O2S. The van der Waals surface area contributed by atoms with Crippen LogP contribution in [-0.4, -0.2) is 34.9 Å². The summed E-state index contributed by atoms with van der Waals surface area (Å²) >= 11 is 0. The Balaban J connectivity index is 1.75. The van der Waals surface area contributed by atoms with Crippen molar-refractivity contribution in [2.24, 2.45) is 0 Å². The smallest absolute Gasteiger partial charge is 0.218 e. The van der Waals surface area contributed by atoms with Crippen molar-refractivity contribution in [2.75, 3.05) is 6.54 Å². The number of benzene rings is 1. The maximum absolute atomic E-state index is 12.8. The second kappa shape index (κ2) is 6.84. The highest BCUT2D eigenvalue weighted by molar-refractivity contribution is 7.88. The minimum atomic E-state index is -3.29. The molecule has 0 saturated carbocycles. The summed E-state index contributed by atoms with van der Waals surface area (Å²) in [5.74, 6) is 1.09. The maximum Gasteiger partial charge on any atom is 0.218 e. The highest BCUT2D eigenvalue weighted by Crippen LogP contribution is 2.25. The molecule has 1 aliphatic heterocycles. The lowest BCUT2D eigenvalue weighted by atomic mass is 10.2. The first kappa shape index (κ1) is 16.2. The Morgan fingerprint density at radius 3 is 2.78 bits per heavy atom. The molecule has 0 amide bonds. The Labute approximate surface area is 138 Å². The zero-order valence-electron chi connectivity index (χ0n) is 13.4. The fourth-order valence-electron chi connectivity index (χ4n) is 3.27. The molecule has 2 heterocycles. The molecule has 1 fully saturated rings. The van der Waals surface area contributed by atoms with Crippen LogP contribution in [0.25, 0.3) is 0 Å². The normalized spacial score (nSPS) is 19.3. The van der Waals surface area contributed by atoms with Crippen LogP contribution in [0.2, 0.25) is 0 Å². The largest absolute Gasteiger partial charge is 0.333 e. The van der Waals surface area contributed by atoms with E-state index in [1.807, 2.05) is 36.5 Å². The van der Waals surface area contributed by atoms with Crippen molar-refractivity contribution in [1.29, 1.82) is 0 Å². The number of nitrogens with zero attached hydrogens (tertiary/aromatic N) is 3. The van der Waals surface area contributed by atoms with Crippen LogP contribution < -0.4 is 0 Å². The molecule has 1 atom stereocenters. The van der Waals surface area contributed by atoms with Gasteiger partial charge in [-0.3, -0.25) is 0 Å². The first-order valence-corrected chi connectivity index (χ1v) is 9.74. The SMILES string of the molecule is CCc1nccn1C[C@@H]1CCCN1S(=O)(=O)Cc1ccccc1. The lowest BCUT2D eigenvalue weighted by molar-refractivity contribution is 0.348. The number of sulfonamides is 1. The molecule has 1 aromatic carbocycles. The van der Waals surface area contributed by atoms with Crippen molar-refractivity contribution in [2.45, 2.75) is 44.5 Å². The number of hydrogen-bond acceptors (Lipinski definition) is 3. The number of aromatic nitrogens is 2. The van der Waals surface area contributed by atoms with Crippen molar-refractivity contribution in [3.8, 4) is 0 Å². The van der Waals surface area contributed by atoms with Crippen LogP contribution >= 0.6 is 0 Å². The van der Waals surface area contributed by atoms with Crippen LogP contribution in [0.5, 0.6) is 0 Å². The molecule has 6 heteroatoms. The molecule has 23 heavy (non-hydrogen) atoms. The number of hydrogen-bond donors (Lipinski definition) is 0. The van der Waals surface area contributed by atoms with Crippen molar-refractivity contribution < 1.29 is 8.42 Å². The van der Waals surface area contributed by atoms with Gasteiger partial charge in [-0.05, 0) is 18.4 Å². The average Bonchev–Trinajstić information content (AvgIpc) is 3.17. The summed E-state index contributed by atoms with van der Waals surface area (Å²) in [4.78, 5) is 4.33. The fourth-order valence-corrected chi connectivity index (χ4v) is 5.09. The summed E-state index contributed by atoms with van der Waals surface area (Å²) in [5.41, 5.74) is 0.843. The predicted octanol–water partition coefficient (Wildman–Crippen LogP) is 2.44. The van der Waals surface area contributed by atoms with E-state index in [1.165, 1.54) is 0 Å². The van der Waals surface area contributed by atoms with Crippen LogP contribution in [-0.2, 0) is 28.7 Å². The van der Waals surface area contributed by atoms with Gasteiger partial charge in [-0.15, -0.1) is 0 Å². The van der Waals surface area contributed by atoms with E-state index >= 15 is 0 Å². The quantitative estimate of drug-likeness (QED) is 0.816. The summed E-state index contributed by atoms with van der Waals surface area (Å²) in [7, 11) is -3.29. The van der Waals surface area contributed by atoms with Crippen molar-refractivity contribution in [3.63, 3.8) is 0 Å². The van der Waals surface area contributed by atoms with Gasteiger partial charge < -0.3 is 4.57 Å². The van der Waals surface area contributed by atoms with E-state index in [0.29, 0.717) is 13.1 Å². The molecule has 3 rings (SSSR count). The van der Waals surface area contributed by atoms with Gasteiger partial charge in [0.15, 0.2) is 0 Å². The number of rotatable bonds is 6. The van der Waals surface area contributed by atoms with Crippen LogP contribution in [0, 0.1) is 0 Å². The van der Waals surface area contributed by atoms with E-state index in [2.05, 4.69) is 16.5 Å². The second-order valence-electron chi connectivity index (χ2n) is 6.00. The van der Waals surface area contributed by atoms with Crippen molar-refractivity contribution in [3.05, 3.63) is 54.1 Å². The molecule has 0 bridgehead atoms. The van der Waals surface area contributed by atoms with E-state index < -0.39 is 10.0 Å². The Morgan fingerprint density at radius 2 is 2.04 bits per heavy atom. The summed E-state index contributed by atoms with van der Waals surface area (Å²) in [6, 6.07) is 9.43. The Morgan fingerprint density at radius 1 is 1.26 bits per heavy atom. The monoisotopic (exact) mass is 333 g/mol. The first-order valence-electron chi connectivity index (χ1n) is 8.13. The van der Waals surface area contributed by atoms with E-state index in [1.54, 1.807) is 10.5 Å². The van der Waals surface area contributed by atoms with Crippen LogP contribution in [0.4, 0.5) is 0 Å². The first-order chi connectivity index (χ1) is 11.1. The van der Waals surface area contributed by atoms with Crippen LogP contribution in [0.1, 0.15) is 31.2 Å². The summed E-state index contributed by atoms with van der Waals surface area (Å²) in [5, 5.41) is 0. The van der Waals surface area contributed by atoms with E-state index in [9.17, 15) is 8.42 Å². The molecule has 1 aromatic heterocycles. The molecule has 1 saturated heterocycles. The summed E-state index contributed by atoms with van der Waals surface area (Å²) < 4.78 is 29.4. The molecule has 1 aliphatic rings. The molecule has 0 spiro atoms. The van der Waals surface area contributed by atoms with Gasteiger partial charge in [-0.1, -0.05) is 37.3 Å². The van der Waals surface area contributed by atoms with E-state index in [0.717, 1.165) is 30.7 Å². The minimum Gasteiger partial charge on any atom is -0.333 e. The van der Waals surface area contributed by atoms with Gasteiger partial charge in [0.2, 0.25) is 10.0 Å². The number of imidazole rings is 1. The Kier molecular flexibility index (Phi) is 4.82. The van der Waals surface area contributed by atoms with Crippen molar-refractivity contribution >= 4 is 10.0 Å². The maximum atomic E-state index is 12.8. The molecule has 124 valence electrons. The molecule has 2 aromatic rings. The van der Waals surface area contributed by atoms with Gasteiger partial charge in [-0.2, -0.15) is 4.31 Å². The zero-order valence-corrected chi connectivity index (χ0v) is 14.2. The lowest BCUT2D eigenvalue weighted by Gasteiger charge is -2.25. The average molecular weight is 333 g/mol. The van der Waals surface area contributed by atoms with Gasteiger partial charge in [0.1, 0.15) is 5.82 Å². The highest BCUT2D eigenvalue weighted by Gasteiger charge is 2.34. The van der Waals surface area contributed by atoms with E-state index in [-0.39, 0.29) is 11.8 Å². The molecule has 0 radical (unpaired) electrons. The molecule has 5 nitrogen and oxygen atoms in total.